The second-order valence-electron chi connectivity index (χ2n) is 6.78. The Balaban J connectivity index is 2.32. The zero-order valence-electron chi connectivity index (χ0n) is 15.9. The Morgan fingerprint density at radius 1 is 1.11 bits per heavy atom. The molecule has 146 valence electrons. The van der Waals surface area contributed by atoms with Crippen LogP contribution in [0.4, 0.5) is 0 Å². The molecule has 0 aliphatic carbocycles. The fourth-order valence-electron chi connectivity index (χ4n) is 3.09. The molecule has 1 heterocycles. The van der Waals surface area contributed by atoms with Crippen molar-refractivity contribution < 1.29 is 24.5 Å². The molecule has 0 spiro atoms. The third-order valence-electron chi connectivity index (χ3n) is 4.45. The number of hydrogen-bond donors (Lipinski definition) is 3. The van der Waals surface area contributed by atoms with E-state index >= 15 is 0 Å². The Labute approximate surface area is 161 Å². The molecule has 0 bridgehead atoms. The summed E-state index contributed by atoms with van der Waals surface area (Å²) in [5.41, 5.74) is 1.52. The smallest absolute Gasteiger partial charge is 0.200 e. The second kappa shape index (κ2) is 7.68. The number of allylic oxidation sites excluding steroid dienone is 2. The lowest BCUT2D eigenvalue weighted by molar-refractivity contribution is 0.408. The van der Waals surface area contributed by atoms with E-state index in [9.17, 15) is 20.1 Å². The molecule has 0 atom stereocenters. The van der Waals surface area contributed by atoms with Gasteiger partial charge in [-0.2, -0.15) is 0 Å². The van der Waals surface area contributed by atoms with Gasteiger partial charge in [-0.3, -0.25) is 4.79 Å². The van der Waals surface area contributed by atoms with E-state index < -0.39 is 0 Å². The van der Waals surface area contributed by atoms with E-state index in [1.165, 1.54) is 37.4 Å². The molecule has 3 N–H and O–H groups in total. The van der Waals surface area contributed by atoms with Crippen molar-refractivity contribution in [2.45, 2.75) is 26.7 Å². The number of methoxy groups -OCH3 is 1. The first kappa shape index (κ1) is 19.4. The van der Waals surface area contributed by atoms with E-state index in [1.54, 1.807) is 0 Å². The van der Waals surface area contributed by atoms with Gasteiger partial charge in [0.25, 0.3) is 0 Å². The van der Waals surface area contributed by atoms with Crippen LogP contribution in [0.5, 0.6) is 23.0 Å². The lowest BCUT2D eigenvalue weighted by Crippen LogP contribution is -2.11. The first-order valence-corrected chi connectivity index (χ1v) is 8.84. The summed E-state index contributed by atoms with van der Waals surface area (Å²) < 4.78 is 11.1. The molecule has 0 aliphatic rings. The molecule has 0 saturated heterocycles. The standard InChI is InChI=1S/C22H22O6/c1-12(2)5-4-6-16-21(26)20-18(25)10-14(27-3)11-19(20)28-22(16)15-8-7-13(23)9-17(15)24/h5,7-11,23-25H,4,6H2,1-3H3. The number of phenolic OH excluding ortho intramolecular Hbond substituents is 3. The molecule has 6 nitrogen and oxygen atoms in total. The SMILES string of the molecule is COc1cc(O)c2c(=O)c(CCC=C(C)C)c(-c3ccc(O)cc3O)oc2c1. The molecule has 3 rings (SSSR count). The number of phenols is 3. The van der Waals surface area contributed by atoms with Crippen LogP contribution >= 0.6 is 0 Å². The quantitative estimate of drug-likeness (QED) is 0.563. The zero-order valence-corrected chi connectivity index (χ0v) is 15.9. The molecule has 2 aromatic carbocycles. The molecule has 28 heavy (non-hydrogen) atoms. The van der Waals surface area contributed by atoms with E-state index in [4.69, 9.17) is 9.15 Å². The van der Waals surface area contributed by atoms with Crippen molar-refractivity contribution in [1.82, 2.24) is 0 Å². The average molecular weight is 382 g/mol. The molecule has 0 aliphatic heterocycles. The maximum atomic E-state index is 13.2. The first-order valence-electron chi connectivity index (χ1n) is 8.84. The highest BCUT2D eigenvalue weighted by molar-refractivity contribution is 5.87. The van der Waals surface area contributed by atoms with Gasteiger partial charge in [0.15, 0.2) is 5.43 Å². The molecule has 0 amide bonds. The lowest BCUT2D eigenvalue weighted by Gasteiger charge is -2.13. The van der Waals surface area contributed by atoms with Crippen LogP contribution in [0.25, 0.3) is 22.3 Å². The first-order chi connectivity index (χ1) is 13.3. The average Bonchev–Trinajstić information content (AvgIpc) is 2.62. The Morgan fingerprint density at radius 2 is 1.86 bits per heavy atom. The Kier molecular flexibility index (Phi) is 5.31. The van der Waals surface area contributed by atoms with Crippen molar-refractivity contribution in [2.75, 3.05) is 7.11 Å². The number of aromatic hydroxyl groups is 3. The summed E-state index contributed by atoms with van der Waals surface area (Å²) in [5.74, 6) is -0.00274. The molecule has 0 radical (unpaired) electrons. The number of fused-ring (bicyclic) bond motifs is 1. The monoisotopic (exact) mass is 382 g/mol. The van der Waals surface area contributed by atoms with Crippen molar-refractivity contribution >= 4 is 11.0 Å². The van der Waals surface area contributed by atoms with Crippen molar-refractivity contribution in [3.05, 3.63) is 57.8 Å². The molecular weight excluding hydrogens is 360 g/mol. The highest BCUT2D eigenvalue weighted by Gasteiger charge is 2.21. The van der Waals surface area contributed by atoms with Gasteiger partial charge in [0, 0.05) is 23.8 Å². The fourth-order valence-corrected chi connectivity index (χ4v) is 3.09. The minimum atomic E-state index is -0.369. The summed E-state index contributed by atoms with van der Waals surface area (Å²) in [6.07, 6.45) is 2.96. The van der Waals surface area contributed by atoms with Gasteiger partial charge in [-0.05, 0) is 38.8 Å². The number of hydrogen-bond acceptors (Lipinski definition) is 6. The van der Waals surface area contributed by atoms with Crippen LogP contribution in [-0.4, -0.2) is 22.4 Å². The summed E-state index contributed by atoms with van der Waals surface area (Å²) >= 11 is 0. The predicted octanol–water partition coefficient (Wildman–Crippen LogP) is 4.48. The molecule has 0 fully saturated rings. The number of ether oxygens (including phenoxy) is 1. The van der Waals surface area contributed by atoms with Gasteiger partial charge in [0.2, 0.25) is 0 Å². The Bertz CT molecular complexity index is 1120. The molecule has 3 aromatic rings. The Hall–Kier alpha value is -3.41. The topological polar surface area (TPSA) is 100 Å². The summed E-state index contributed by atoms with van der Waals surface area (Å²) in [7, 11) is 1.44. The van der Waals surface area contributed by atoms with Gasteiger partial charge in [-0.25, -0.2) is 0 Å². The predicted molar refractivity (Wildman–Crippen MR) is 107 cm³/mol. The molecule has 1 aromatic heterocycles. The minimum Gasteiger partial charge on any atom is -0.508 e. The van der Waals surface area contributed by atoms with Crippen molar-refractivity contribution in [3.63, 3.8) is 0 Å². The van der Waals surface area contributed by atoms with Gasteiger partial charge >= 0.3 is 0 Å². The van der Waals surface area contributed by atoms with E-state index in [1.807, 2.05) is 19.9 Å². The van der Waals surface area contributed by atoms with E-state index in [-0.39, 0.29) is 45.0 Å². The van der Waals surface area contributed by atoms with Gasteiger partial charge in [-0.1, -0.05) is 11.6 Å². The van der Waals surface area contributed by atoms with Crippen molar-refractivity contribution in [2.24, 2.45) is 0 Å². The molecule has 0 saturated carbocycles. The molecule has 0 unspecified atom stereocenters. The lowest BCUT2D eigenvalue weighted by atomic mass is 9.99. The summed E-state index contributed by atoms with van der Waals surface area (Å²) in [4.78, 5) is 13.2. The molecular formula is C22H22O6. The van der Waals surface area contributed by atoms with Gasteiger partial charge < -0.3 is 24.5 Å². The largest absolute Gasteiger partial charge is 0.508 e. The fraction of sp³-hybridized carbons (Fsp3) is 0.227. The summed E-state index contributed by atoms with van der Waals surface area (Å²) in [6, 6.07) is 6.94. The maximum Gasteiger partial charge on any atom is 0.200 e. The van der Waals surface area contributed by atoms with Crippen LogP contribution in [0.3, 0.4) is 0 Å². The van der Waals surface area contributed by atoms with E-state index in [0.29, 0.717) is 24.2 Å². The Morgan fingerprint density at radius 3 is 2.50 bits per heavy atom. The van der Waals surface area contributed by atoms with Crippen LogP contribution in [0.2, 0.25) is 0 Å². The highest BCUT2D eigenvalue weighted by Crippen LogP contribution is 2.37. The molecule has 6 heteroatoms. The number of benzene rings is 2. The van der Waals surface area contributed by atoms with Gasteiger partial charge in [0.05, 0.1) is 12.7 Å². The van der Waals surface area contributed by atoms with Crippen LogP contribution in [0.15, 0.2) is 51.2 Å². The highest BCUT2D eigenvalue weighted by atomic mass is 16.5. The number of rotatable bonds is 5. The summed E-state index contributed by atoms with van der Waals surface area (Å²) in [6.45, 7) is 3.93. The van der Waals surface area contributed by atoms with Crippen LogP contribution in [0, 0.1) is 0 Å². The van der Waals surface area contributed by atoms with Crippen LogP contribution in [-0.2, 0) is 6.42 Å². The maximum absolute atomic E-state index is 13.2. The van der Waals surface area contributed by atoms with Crippen LogP contribution < -0.4 is 10.2 Å². The third-order valence-corrected chi connectivity index (χ3v) is 4.45. The van der Waals surface area contributed by atoms with E-state index in [0.717, 1.165) is 5.57 Å². The van der Waals surface area contributed by atoms with Crippen LogP contribution in [0.1, 0.15) is 25.8 Å². The van der Waals surface area contributed by atoms with Gasteiger partial charge in [0.1, 0.15) is 39.7 Å². The summed E-state index contributed by atoms with van der Waals surface area (Å²) in [5, 5.41) is 30.3. The second-order valence-corrected chi connectivity index (χ2v) is 6.78. The third kappa shape index (κ3) is 3.67. The van der Waals surface area contributed by atoms with Crippen molar-refractivity contribution in [3.8, 4) is 34.3 Å². The van der Waals surface area contributed by atoms with Crippen molar-refractivity contribution in [1.29, 1.82) is 0 Å². The van der Waals surface area contributed by atoms with Gasteiger partial charge in [-0.15, -0.1) is 0 Å². The normalized spacial score (nSPS) is 10.8. The van der Waals surface area contributed by atoms with E-state index in [2.05, 4.69) is 0 Å². The minimum absolute atomic E-state index is 0.0648. The zero-order chi connectivity index (χ0) is 20.4.